The average molecular weight is 409 g/mol. The van der Waals surface area contributed by atoms with Gasteiger partial charge in [-0.15, -0.1) is 11.3 Å². The number of piperidine rings is 1. The number of nitrogens with one attached hydrogen (secondary N) is 1. The first kappa shape index (κ1) is 19.3. The highest BCUT2D eigenvalue weighted by molar-refractivity contribution is 7.17. The van der Waals surface area contributed by atoms with E-state index in [1.807, 2.05) is 35.7 Å². The average Bonchev–Trinajstić information content (AvgIpc) is 3.16. The highest BCUT2D eigenvalue weighted by Crippen LogP contribution is 2.30. The van der Waals surface area contributed by atoms with E-state index >= 15 is 0 Å². The van der Waals surface area contributed by atoms with E-state index in [1.54, 1.807) is 0 Å². The molecule has 3 heterocycles. The van der Waals surface area contributed by atoms with Crippen LogP contribution in [0.5, 0.6) is 0 Å². The van der Waals surface area contributed by atoms with E-state index in [0.717, 1.165) is 41.8 Å². The van der Waals surface area contributed by atoms with Crippen LogP contribution in [0, 0.1) is 11.3 Å². The maximum atomic E-state index is 13.3. The van der Waals surface area contributed by atoms with Crippen molar-refractivity contribution in [3.63, 3.8) is 0 Å². The SMILES string of the molecule is N#CCn1c(C[NH+]2CCCC[C@H]2C(N)=O)nc2scc(-c3ccccc3)c2c1=O. The number of rotatable bonds is 5. The van der Waals surface area contributed by atoms with E-state index in [0.29, 0.717) is 22.6 Å². The summed E-state index contributed by atoms with van der Waals surface area (Å²) in [6.45, 7) is 1.13. The van der Waals surface area contributed by atoms with Gasteiger partial charge in [0.25, 0.3) is 11.5 Å². The van der Waals surface area contributed by atoms with Crippen molar-refractivity contribution in [2.45, 2.75) is 38.4 Å². The van der Waals surface area contributed by atoms with Gasteiger partial charge in [0.2, 0.25) is 0 Å². The molecule has 3 aromatic rings. The molecule has 1 unspecified atom stereocenters. The van der Waals surface area contributed by atoms with E-state index in [1.165, 1.54) is 15.9 Å². The molecule has 1 aliphatic heterocycles. The fourth-order valence-corrected chi connectivity index (χ4v) is 5.06. The summed E-state index contributed by atoms with van der Waals surface area (Å²) in [7, 11) is 0. The van der Waals surface area contributed by atoms with Crippen molar-refractivity contribution < 1.29 is 9.69 Å². The molecular weight excluding hydrogens is 386 g/mol. The zero-order chi connectivity index (χ0) is 20.4. The molecule has 29 heavy (non-hydrogen) atoms. The largest absolute Gasteiger partial charge is 0.365 e. The Hall–Kier alpha value is -3.02. The number of hydrogen-bond donors (Lipinski definition) is 2. The maximum absolute atomic E-state index is 13.3. The third kappa shape index (κ3) is 3.67. The first-order chi connectivity index (χ1) is 14.1. The van der Waals surface area contributed by atoms with Crippen LogP contribution in [0.2, 0.25) is 0 Å². The van der Waals surface area contributed by atoms with Crippen molar-refractivity contribution in [3.05, 3.63) is 51.9 Å². The molecule has 1 aromatic carbocycles. The second kappa shape index (κ2) is 8.15. The third-order valence-corrected chi connectivity index (χ3v) is 6.42. The monoisotopic (exact) mass is 408 g/mol. The molecule has 2 aromatic heterocycles. The summed E-state index contributed by atoms with van der Waals surface area (Å²) in [4.78, 5) is 31.6. The lowest BCUT2D eigenvalue weighted by atomic mass is 10.0. The molecule has 1 amide bonds. The van der Waals surface area contributed by atoms with Gasteiger partial charge in [-0.2, -0.15) is 5.26 Å². The van der Waals surface area contributed by atoms with Crippen molar-refractivity contribution in [1.82, 2.24) is 9.55 Å². The first-order valence-electron chi connectivity index (χ1n) is 9.67. The van der Waals surface area contributed by atoms with Crippen LogP contribution in [0.3, 0.4) is 0 Å². The van der Waals surface area contributed by atoms with Crippen LogP contribution in [-0.2, 0) is 17.9 Å². The Bertz CT molecular complexity index is 1150. The minimum Gasteiger partial charge on any atom is -0.365 e. The van der Waals surface area contributed by atoms with Crippen LogP contribution in [-0.4, -0.2) is 28.0 Å². The molecule has 0 aliphatic carbocycles. The van der Waals surface area contributed by atoms with Gasteiger partial charge in [0.1, 0.15) is 17.9 Å². The van der Waals surface area contributed by atoms with Gasteiger partial charge < -0.3 is 10.6 Å². The fourth-order valence-electron chi connectivity index (χ4n) is 4.10. The molecule has 1 aliphatic rings. The van der Waals surface area contributed by atoms with Crippen LogP contribution in [0.1, 0.15) is 25.1 Å². The quantitative estimate of drug-likeness (QED) is 0.659. The number of hydrogen-bond acceptors (Lipinski definition) is 5. The molecule has 7 nitrogen and oxygen atoms in total. The number of amides is 1. The smallest absolute Gasteiger partial charge is 0.275 e. The van der Waals surface area contributed by atoms with Crippen molar-refractivity contribution in [3.8, 4) is 17.2 Å². The Balaban J connectivity index is 1.81. The van der Waals surface area contributed by atoms with Gasteiger partial charge in [0, 0.05) is 17.4 Å². The summed E-state index contributed by atoms with van der Waals surface area (Å²) >= 11 is 1.42. The van der Waals surface area contributed by atoms with E-state index in [2.05, 4.69) is 6.07 Å². The summed E-state index contributed by atoms with van der Waals surface area (Å²) in [5.74, 6) is 0.214. The normalized spacial score (nSPS) is 19.1. The highest BCUT2D eigenvalue weighted by Gasteiger charge is 2.32. The number of fused-ring (bicyclic) bond motifs is 1. The minimum absolute atomic E-state index is 0.0737. The van der Waals surface area contributed by atoms with Gasteiger partial charge in [-0.3, -0.25) is 14.2 Å². The summed E-state index contributed by atoms with van der Waals surface area (Å²) in [5.41, 5.74) is 7.17. The number of carbonyl (C=O) groups is 1. The van der Waals surface area contributed by atoms with Gasteiger partial charge in [-0.25, -0.2) is 4.98 Å². The summed E-state index contributed by atoms with van der Waals surface area (Å²) < 4.78 is 1.45. The minimum atomic E-state index is -0.322. The van der Waals surface area contributed by atoms with E-state index in [9.17, 15) is 14.9 Å². The number of thiophene rings is 1. The van der Waals surface area contributed by atoms with Gasteiger partial charge in [0.05, 0.1) is 18.0 Å². The Kier molecular flexibility index (Phi) is 5.43. The Morgan fingerprint density at radius 2 is 2.14 bits per heavy atom. The zero-order valence-corrected chi connectivity index (χ0v) is 16.7. The predicted octanol–water partition coefficient (Wildman–Crippen LogP) is 1.07. The maximum Gasteiger partial charge on any atom is 0.275 e. The standard InChI is InChI=1S/C21H21N5O2S/c22-9-11-26-17(12-25-10-5-4-8-16(25)19(23)27)24-20-18(21(26)28)15(13-29-20)14-6-2-1-3-7-14/h1-3,6-7,13,16H,4-5,8,10-12H2,(H2,23,27)/p+1/t16-/m0/s1. The predicted molar refractivity (Wildman–Crippen MR) is 111 cm³/mol. The lowest BCUT2D eigenvalue weighted by Crippen LogP contribution is -3.16. The summed E-state index contributed by atoms with van der Waals surface area (Å²) in [6.07, 6.45) is 2.72. The number of quaternary nitrogens is 1. The van der Waals surface area contributed by atoms with Gasteiger partial charge in [-0.1, -0.05) is 30.3 Å². The number of nitrogens with zero attached hydrogens (tertiary/aromatic N) is 3. The molecule has 8 heteroatoms. The molecule has 2 atom stereocenters. The van der Waals surface area contributed by atoms with E-state index in [4.69, 9.17) is 10.7 Å². The first-order valence-corrected chi connectivity index (χ1v) is 10.5. The number of nitriles is 1. The van der Waals surface area contributed by atoms with Crippen molar-refractivity contribution in [1.29, 1.82) is 5.26 Å². The zero-order valence-electron chi connectivity index (χ0n) is 15.9. The number of likely N-dealkylation sites (tertiary alicyclic amines) is 1. The Labute approximate surface area is 172 Å². The summed E-state index contributed by atoms with van der Waals surface area (Å²) in [5, 5.41) is 11.8. The van der Waals surface area contributed by atoms with Crippen LogP contribution in [0.15, 0.2) is 40.5 Å². The number of aromatic nitrogens is 2. The topological polar surface area (TPSA) is 106 Å². The molecule has 148 valence electrons. The molecule has 1 saturated heterocycles. The van der Waals surface area contributed by atoms with E-state index < -0.39 is 0 Å². The summed E-state index contributed by atoms with van der Waals surface area (Å²) in [6, 6.07) is 11.5. The van der Waals surface area contributed by atoms with Crippen molar-refractivity contribution >= 4 is 27.5 Å². The molecule has 0 spiro atoms. The number of nitrogens with two attached hydrogens (primary N) is 1. The third-order valence-electron chi connectivity index (χ3n) is 5.55. The lowest BCUT2D eigenvalue weighted by Gasteiger charge is -2.30. The second-order valence-electron chi connectivity index (χ2n) is 7.31. The molecule has 0 radical (unpaired) electrons. The van der Waals surface area contributed by atoms with Gasteiger partial charge >= 0.3 is 0 Å². The fraction of sp³-hybridized carbons (Fsp3) is 0.333. The molecule has 1 fully saturated rings. The number of carbonyl (C=O) groups excluding carboxylic acids is 1. The molecule has 0 saturated carbocycles. The number of primary amides is 1. The molecule has 3 N–H and O–H groups in total. The van der Waals surface area contributed by atoms with Crippen LogP contribution < -0.4 is 16.2 Å². The number of benzene rings is 1. The second-order valence-corrected chi connectivity index (χ2v) is 8.17. The van der Waals surface area contributed by atoms with Crippen molar-refractivity contribution in [2.75, 3.05) is 6.54 Å². The van der Waals surface area contributed by atoms with Crippen LogP contribution in [0.4, 0.5) is 0 Å². The van der Waals surface area contributed by atoms with Crippen LogP contribution >= 0.6 is 11.3 Å². The van der Waals surface area contributed by atoms with Gasteiger partial charge in [-0.05, 0) is 18.4 Å². The van der Waals surface area contributed by atoms with Gasteiger partial charge in [0.15, 0.2) is 11.9 Å². The molecule has 4 rings (SSSR count). The Morgan fingerprint density at radius 3 is 2.86 bits per heavy atom. The molecule has 0 bridgehead atoms. The highest BCUT2D eigenvalue weighted by atomic mass is 32.1. The van der Waals surface area contributed by atoms with Crippen molar-refractivity contribution in [2.24, 2.45) is 5.73 Å². The van der Waals surface area contributed by atoms with E-state index in [-0.39, 0.29) is 24.1 Å². The Morgan fingerprint density at radius 1 is 1.34 bits per heavy atom. The molecular formula is C21H22N5O2S+. The lowest BCUT2D eigenvalue weighted by molar-refractivity contribution is -0.935. The van der Waals surface area contributed by atoms with Crippen LogP contribution in [0.25, 0.3) is 21.3 Å².